The number of hydrogen-bond acceptors (Lipinski definition) is 9. The minimum absolute atomic E-state index is 0.136. The third kappa shape index (κ3) is 6.48. The van der Waals surface area contributed by atoms with Crippen LogP contribution in [0.25, 0.3) is 0 Å². The Morgan fingerprint density at radius 1 is 1.16 bits per heavy atom. The van der Waals surface area contributed by atoms with Crippen LogP contribution >= 0.6 is 0 Å². The number of piperidine rings is 1. The maximum atomic E-state index is 12.9. The number of methoxy groups -OCH3 is 2. The number of rotatable bonds is 9. The van der Waals surface area contributed by atoms with E-state index in [1.54, 1.807) is 17.9 Å². The first kappa shape index (κ1) is 26.7. The Hall–Kier alpha value is -1.59. The number of ether oxygens (including phenoxy) is 6. The van der Waals surface area contributed by atoms with Gasteiger partial charge in [0.25, 0.3) is 0 Å². The van der Waals surface area contributed by atoms with Gasteiger partial charge in [-0.3, -0.25) is 0 Å². The molecule has 184 valence electrons. The monoisotopic (exact) mass is 458 g/mol. The molecule has 2 aliphatic rings. The molecule has 10 heteroatoms. The van der Waals surface area contributed by atoms with Gasteiger partial charge in [0.1, 0.15) is 11.3 Å². The van der Waals surface area contributed by atoms with Gasteiger partial charge in [0.2, 0.25) is 5.79 Å². The van der Waals surface area contributed by atoms with Crippen LogP contribution in [0.5, 0.6) is 0 Å². The molecule has 0 aromatic heterocycles. The van der Waals surface area contributed by atoms with Gasteiger partial charge >= 0.3 is 6.09 Å². The van der Waals surface area contributed by atoms with E-state index in [9.17, 15) is 9.70 Å². The molecule has 0 aliphatic carbocycles. The van der Waals surface area contributed by atoms with Crippen molar-refractivity contribution in [3.05, 3.63) is 16.7 Å². The van der Waals surface area contributed by atoms with Crippen molar-refractivity contribution < 1.29 is 33.2 Å². The maximum absolute atomic E-state index is 12.9. The van der Waals surface area contributed by atoms with E-state index in [4.69, 9.17) is 28.4 Å². The van der Waals surface area contributed by atoms with E-state index in [1.165, 1.54) is 14.2 Å². The summed E-state index contributed by atoms with van der Waals surface area (Å²) in [4.78, 5) is 25.8. The quantitative estimate of drug-likeness (QED) is 0.293. The van der Waals surface area contributed by atoms with Crippen molar-refractivity contribution in [1.29, 1.82) is 0 Å². The molecule has 0 N–H and O–H groups in total. The van der Waals surface area contributed by atoms with E-state index in [0.717, 1.165) is 0 Å². The molecule has 1 atom stereocenters. The molecule has 1 amide bonds. The highest BCUT2D eigenvalue weighted by Crippen LogP contribution is 2.41. The molecular formula is C22H38N2O8. The van der Waals surface area contributed by atoms with Crippen molar-refractivity contribution in [3.8, 4) is 0 Å². The average molecular weight is 459 g/mol. The van der Waals surface area contributed by atoms with Gasteiger partial charge in [0.05, 0.1) is 32.0 Å². The molecule has 2 rings (SSSR count). The third-order valence-corrected chi connectivity index (χ3v) is 5.80. The Labute approximate surface area is 190 Å². The number of amides is 1. The van der Waals surface area contributed by atoms with Crippen LogP contribution in [-0.2, 0) is 28.4 Å². The number of carbonyl (C=O) groups excluding carboxylic acids is 1. The van der Waals surface area contributed by atoms with Crippen molar-refractivity contribution in [2.45, 2.75) is 76.6 Å². The lowest BCUT2D eigenvalue weighted by molar-refractivity contribution is -0.215. The van der Waals surface area contributed by atoms with E-state index in [0.29, 0.717) is 45.6 Å². The van der Waals surface area contributed by atoms with Gasteiger partial charge in [-0.25, -0.2) is 4.79 Å². The summed E-state index contributed by atoms with van der Waals surface area (Å²) in [5, 5.41) is 3.02. The molecule has 0 saturated carbocycles. The lowest BCUT2D eigenvalue weighted by Gasteiger charge is -2.50. The van der Waals surface area contributed by atoms with Gasteiger partial charge < -0.3 is 33.3 Å². The Morgan fingerprint density at radius 3 is 2.31 bits per heavy atom. The predicted octanol–water partition coefficient (Wildman–Crippen LogP) is 3.59. The smallest absolute Gasteiger partial charge is 0.410 e. The third-order valence-electron chi connectivity index (χ3n) is 5.80. The van der Waals surface area contributed by atoms with E-state index in [-0.39, 0.29) is 18.4 Å². The van der Waals surface area contributed by atoms with Crippen LogP contribution in [0.4, 0.5) is 4.79 Å². The lowest BCUT2D eigenvalue weighted by atomic mass is 9.85. The largest absolute Gasteiger partial charge is 0.444 e. The molecule has 0 bridgehead atoms. The zero-order chi connectivity index (χ0) is 24.0. The second-order valence-electron chi connectivity index (χ2n) is 9.54. The number of nitrogens with zero attached hydrogens (tertiary/aromatic N) is 2. The summed E-state index contributed by atoms with van der Waals surface area (Å²) in [5.41, 5.74) is -1.15. The standard InChI is InChI=1S/C22H38N2O8/c1-19(2,3)32-18(25)24-11-10-22(30-13-14-31-22)15-20(24,4)16-29-12-8-9-17(23-26)21(5,27-6)28-7/h9H,8,10-16H2,1-7H3/b17-9+/t20-/m1/s1. The topological polar surface area (TPSA) is 105 Å². The molecule has 0 aromatic rings. The average Bonchev–Trinajstić information content (AvgIpc) is 3.16. The fraction of sp³-hybridized carbons (Fsp3) is 0.864. The Morgan fingerprint density at radius 2 is 1.78 bits per heavy atom. The van der Waals surface area contributed by atoms with E-state index in [1.807, 2.05) is 27.7 Å². The van der Waals surface area contributed by atoms with E-state index >= 15 is 0 Å². The lowest BCUT2D eigenvalue weighted by Crippen LogP contribution is -2.62. The minimum Gasteiger partial charge on any atom is -0.444 e. The highest BCUT2D eigenvalue weighted by molar-refractivity contribution is 5.69. The second-order valence-corrected chi connectivity index (χ2v) is 9.54. The van der Waals surface area contributed by atoms with Crippen LogP contribution in [0.3, 0.4) is 0 Å². The summed E-state index contributed by atoms with van der Waals surface area (Å²) in [6, 6.07) is 0. The molecule has 0 radical (unpaired) electrons. The number of likely N-dealkylation sites (tertiary alicyclic amines) is 1. The predicted molar refractivity (Wildman–Crippen MR) is 117 cm³/mol. The zero-order valence-electron chi connectivity index (χ0n) is 20.4. The first-order valence-corrected chi connectivity index (χ1v) is 10.9. The van der Waals surface area contributed by atoms with E-state index in [2.05, 4.69) is 5.18 Å². The first-order valence-electron chi connectivity index (χ1n) is 10.9. The van der Waals surface area contributed by atoms with Gasteiger partial charge in [0, 0.05) is 33.6 Å². The molecule has 2 heterocycles. The van der Waals surface area contributed by atoms with Crippen molar-refractivity contribution in [2.24, 2.45) is 5.18 Å². The normalized spacial score (nSPS) is 24.1. The molecular weight excluding hydrogens is 420 g/mol. The number of nitroso groups, excluding NO2 is 1. The molecule has 10 nitrogen and oxygen atoms in total. The van der Waals surface area contributed by atoms with Crippen LogP contribution in [0.15, 0.2) is 16.9 Å². The van der Waals surface area contributed by atoms with Gasteiger partial charge in [-0.05, 0) is 46.2 Å². The van der Waals surface area contributed by atoms with Crippen molar-refractivity contribution in [3.63, 3.8) is 0 Å². The SMILES string of the molecule is COC(C)(OC)/C(=C\CCOC[C@@]1(C)CC2(CCN1C(=O)OC(C)(C)C)OCCO2)N=O. The fourth-order valence-corrected chi connectivity index (χ4v) is 3.99. The molecule has 2 aliphatic heterocycles. The van der Waals surface area contributed by atoms with Crippen LogP contribution in [0.2, 0.25) is 0 Å². The van der Waals surface area contributed by atoms with Crippen LogP contribution in [-0.4, -0.2) is 80.9 Å². The van der Waals surface area contributed by atoms with Crippen molar-refractivity contribution in [2.75, 3.05) is 47.2 Å². The van der Waals surface area contributed by atoms with E-state index < -0.39 is 22.7 Å². The van der Waals surface area contributed by atoms with Gasteiger partial charge in [0.15, 0.2) is 5.79 Å². The molecule has 2 fully saturated rings. The Kier molecular flexibility index (Phi) is 8.80. The number of carbonyl (C=O) groups is 1. The van der Waals surface area contributed by atoms with Crippen LogP contribution in [0, 0.1) is 4.91 Å². The summed E-state index contributed by atoms with van der Waals surface area (Å²) in [6.45, 7) is 11.2. The van der Waals surface area contributed by atoms with Crippen LogP contribution < -0.4 is 0 Å². The van der Waals surface area contributed by atoms with Crippen LogP contribution in [0.1, 0.15) is 53.9 Å². The highest BCUT2D eigenvalue weighted by Gasteiger charge is 2.52. The summed E-state index contributed by atoms with van der Waals surface area (Å²) in [6.07, 6.45) is 2.70. The first-order chi connectivity index (χ1) is 14.9. The molecule has 2 saturated heterocycles. The molecule has 1 spiro atoms. The number of hydrogen-bond donors (Lipinski definition) is 0. The highest BCUT2D eigenvalue weighted by atomic mass is 16.7. The Bertz CT molecular complexity index is 680. The maximum Gasteiger partial charge on any atom is 0.410 e. The van der Waals surface area contributed by atoms with Crippen molar-refractivity contribution in [1.82, 2.24) is 4.90 Å². The zero-order valence-corrected chi connectivity index (χ0v) is 20.4. The summed E-state index contributed by atoms with van der Waals surface area (Å²) in [7, 11) is 2.88. The minimum atomic E-state index is -1.21. The van der Waals surface area contributed by atoms with Gasteiger partial charge in [-0.1, -0.05) is 6.08 Å². The molecule has 0 aromatic carbocycles. The second kappa shape index (κ2) is 10.6. The molecule has 0 unspecified atom stereocenters. The summed E-state index contributed by atoms with van der Waals surface area (Å²) in [5.74, 6) is -1.92. The van der Waals surface area contributed by atoms with Gasteiger partial charge in [-0.15, -0.1) is 4.91 Å². The summed E-state index contributed by atoms with van der Waals surface area (Å²) >= 11 is 0. The Balaban J connectivity index is 2.05. The van der Waals surface area contributed by atoms with Crippen molar-refractivity contribution >= 4 is 6.09 Å². The fourth-order valence-electron chi connectivity index (χ4n) is 3.99. The van der Waals surface area contributed by atoms with Gasteiger partial charge in [-0.2, -0.15) is 0 Å². The summed E-state index contributed by atoms with van der Waals surface area (Å²) < 4.78 is 33.8. The molecule has 32 heavy (non-hydrogen) atoms.